The molecule has 26 heavy (non-hydrogen) atoms. The number of sulfonamides is 1. The lowest BCUT2D eigenvalue weighted by molar-refractivity contribution is 0.403. The average molecular weight is 440 g/mol. The quantitative estimate of drug-likeness (QED) is 0.599. The summed E-state index contributed by atoms with van der Waals surface area (Å²) in [6.45, 7) is 4.34. The number of benzene rings is 2. The summed E-state index contributed by atoms with van der Waals surface area (Å²) in [6.07, 6.45) is 0. The molecule has 9 heteroatoms. The molecule has 3 aromatic rings. The molecular weight excluding hydrogens is 422 g/mol. The van der Waals surface area contributed by atoms with Crippen LogP contribution in [0.4, 0.5) is 11.4 Å². The number of methoxy groups -OCH3 is 1. The van der Waals surface area contributed by atoms with Crippen molar-refractivity contribution in [3.8, 4) is 5.75 Å². The van der Waals surface area contributed by atoms with Gasteiger partial charge in [0.25, 0.3) is 10.0 Å². The first kappa shape index (κ1) is 18.5. The molecule has 0 bridgehead atoms. The van der Waals surface area contributed by atoms with Crippen LogP contribution in [0.5, 0.6) is 5.75 Å². The second kappa shape index (κ2) is 7.16. The summed E-state index contributed by atoms with van der Waals surface area (Å²) in [5, 5.41) is 7.80. The Kier molecular flexibility index (Phi) is 5.10. The maximum Gasteiger partial charge on any atom is 0.265 e. The number of aryl methyl sites for hydroxylation is 1. The Morgan fingerprint density at radius 1 is 1.23 bits per heavy atom. The number of nitrogens with zero attached hydrogens (tertiary/aromatic N) is 1. The Balaban J connectivity index is 2.11. The minimum absolute atomic E-state index is 0.0407. The van der Waals surface area contributed by atoms with E-state index in [2.05, 4.69) is 31.1 Å². The van der Waals surface area contributed by atoms with Crippen molar-refractivity contribution in [2.45, 2.75) is 18.7 Å². The van der Waals surface area contributed by atoms with Crippen molar-refractivity contribution in [2.75, 3.05) is 23.7 Å². The molecule has 2 aromatic carbocycles. The first-order valence-corrected chi connectivity index (χ1v) is 10.1. The Morgan fingerprint density at radius 3 is 2.69 bits per heavy atom. The van der Waals surface area contributed by atoms with Crippen LogP contribution in [-0.4, -0.2) is 27.2 Å². The number of ether oxygens (including phenoxy) is 1. The maximum absolute atomic E-state index is 13.0. The summed E-state index contributed by atoms with van der Waals surface area (Å²) >= 11 is 3.30. The molecule has 2 N–H and O–H groups in total. The summed E-state index contributed by atoms with van der Waals surface area (Å²) in [7, 11) is -2.45. The van der Waals surface area contributed by atoms with Crippen LogP contribution in [0.15, 0.2) is 44.2 Å². The van der Waals surface area contributed by atoms with Crippen molar-refractivity contribution in [3.05, 3.63) is 40.5 Å². The average Bonchev–Trinajstić information content (AvgIpc) is 2.95. The van der Waals surface area contributed by atoms with Crippen molar-refractivity contribution in [1.29, 1.82) is 0 Å². The van der Waals surface area contributed by atoms with E-state index in [1.54, 1.807) is 31.2 Å². The molecule has 0 saturated carbocycles. The predicted molar refractivity (Wildman–Crippen MR) is 104 cm³/mol. The number of nitrogens with one attached hydrogen (secondary N) is 2. The van der Waals surface area contributed by atoms with Gasteiger partial charge in [-0.3, -0.25) is 4.72 Å². The zero-order valence-corrected chi connectivity index (χ0v) is 16.9. The largest absolute Gasteiger partial charge is 0.495 e. The van der Waals surface area contributed by atoms with Gasteiger partial charge in [-0.1, -0.05) is 21.1 Å². The summed E-state index contributed by atoms with van der Waals surface area (Å²) in [6, 6.07) is 8.25. The van der Waals surface area contributed by atoms with Gasteiger partial charge in [0.2, 0.25) is 0 Å². The monoisotopic (exact) mass is 439 g/mol. The molecule has 0 spiro atoms. The molecule has 0 saturated heterocycles. The molecular formula is C17H18BrN3O4S. The van der Waals surface area contributed by atoms with Crippen LogP contribution >= 0.6 is 15.9 Å². The highest BCUT2D eigenvalue weighted by Gasteiger charge is 2.22. The third-order valence-corrected chi connectivity index (χ3v) is 5.70. The number of halogens is 1. The fourth-order valence-corrected chi connectivity index (χ4v) is 4.37. The van der Waals surface area contributed by atoms with E-state index >= 15 is 0 Å². The third kappa shape index (κ3) is 3.49. The first-order chi connectivity index (χ1) is 12.4. The Hall–Kier alpha value is -2.26. The highest BCUT2D eigenvalue weighted by atomic mass is 79.9. The topological polar surface area (TPSA) is 93.5 Å². The molecule has 0 amide bonds. The highest BCUT2D eigenvalue weighted by molar-refractivity contribution is 9.10. The number of fused-ring (bicyclic) bond motifs is 1. The van der Waals surface area contributed by atoms with Crippen LogP contribution in [0.3, 0.4) is 0 Å². The van der Waals surface area contributed by atoms with Crippen molar-refractivity contribution >= 4 is 48.3 Å². The normalized spacial score (nSPS) is 11.5. The molecule has 1 heterocycles. The van der Waals surface area contributed by atoms with Crippen molar-refractivity contribution in [2.24, 2.45) is 0 Å². The van der Waals surface area contributed by atoms with E-state index in [1.165, 1.54) is 13.2 Å². The molecule has 0 atom stereocenters. The Morgan fingerprint density at radius 2 is 2.00 bits per heavy atom. The van der Waals surface area contributed by atoms with Gasteiger partial charge in [-0.25, -0.2) is 8.42 Å². The van der Waals surface area contributed by atoms with Crippen molar-refractivity contribution < 1.29 is 17.7 Å². The van der Waals surface area contributed by atoms with Crippen molar-refractivity contribution in [3.63, 3.8) is 0 Å². The van der Waals surface area contributed by atoms with Gasteiger partial charge < -0.3 is 14.6 Å². The van der Waals surface area contributed by atoms with Crippen LogP contribution < -0.4 is 14.8 Å². The van der Waals surface area contributed by atoms with E-state index in [-0.39, 0.29) is 10.6 Å². The standard InChI is InChI=1S/C17H18BrN3O4S/c1-4-19-13-9-16-12(10(2)20-25-16)8-14(13)21-26(22,23)17-7-11(18)5-6-15(17)24-3/h5-9,19,21H,4H2,1-3H3. The van der Waals surface area contributed by atoms with Gasteiger partial charge in [-0.15, -0.1) is 0 Å². The van der Waals surface area contributed by atoms with E-state index in [0.717, 1.165) is 5.39 Å². The van der Waals surface area contributed by atoms with Gasteiger partial charge in [0, 0.05) is 22.5 Å². The van der Waals surface area contributed by atoms with Gasteiger partial charge in [0.05, 0.1) is 24.2 Å². The Bertz CT molecular complexity index is 1060. The third-order valence-electron chi connectivity index (χ3n) is 3.82. The van der Waals surface area contributed by atoms with Crippen LogP contribution in [0.2, 0.25) is 0 Å². The number of rotatable bonds is 6. The first-order valence-electron chi connectivity index (χ1n) is 7.86. The molecule has 0 fully saturated rings. The van der Waals surface area contributed by atoms with E-state index in [0.29, 0.717) is 33.7 Å². The van der Waals surface area contributed by atoms with Gasteiger partial charge in [0.1, 0.15) is 10.6 Å². The minimum atomic E-state index is -3.88. The van der Waals surface area contributed by atoms with Gasteiger partial charge in [0.15, 0.2) is 5.58 Å². The molecule has 0 aliphatic heterocycles. The maximum atomic E-state index is 13.0. The summed E-state index contributed by atoms with van der Waals surface area (Å²) < 4.78 is 39.7. The zero-order chi connectivity index (χ0) is 18.9. The molecule has 0 radical (unpaired) electrons. The summed E-state index contributed by atoms with van der Waals surface area (Å²) in [5.41, 5.74) is 2.28. The zero-order valence-electron chi connectivity index (χ0n) is 14.5. The molecule has 138 valence electrons. The lowest BCUT2D eigenvalue weighted by Gasteiger charge is -2.15. The van der Waals surface area contributed by atoms with Crippen LogP contribution in [0, 0.1) is 6.92 Å². The van der Waals surface area contributed by atoms with E-state index in [1.807, 2.05) is 6.92 Å². The van der Waals surface area contributed by atoms with E-state index < -0.39 is 10.0 Å². The highest BCUT2D eigenvalue weighted by Crippen LogP contribution is 2.34. The van der Waals surface area contributed by atoms with Gasteiger partial charge >= 0.3 is 0 Å². The summed E-state index contributed by atoms with van der Waals surface area (Å²) in [4.78, 5) is 0.0407. The fourth-order valence-electron chi connectivity index (χ4n) is 2.59. The lowest BCUT2D eigenvalue weighted by atomic mass is 10.2. The number of hydrogen-bond donors (Lipinski definition) is 2. The molecule has 3 rings (SSSR count). The summed E-state index contributed by atoms with van der Waals surface area (Å²) in [5.74, 6) is 0.257. The van der Waals surface area contributed by atoms with Crippen LogP contribution in [0.25, 0.3) is 11.0 Å². The fraction of sp³-hybridized carbons (Fsp3) is 0.235. The van der Waals surface area contributed by atoms with Crippen LogP contribution in [-0.2, 0) is 10.0 Å². The molecule has 0 aliphatic rings. The van der Waals surface area contributed by atoms with E-state index in [4.69, 9.17) is 9.26 Å². The molecule has 0 aliphatic carbocycles. The number of hydrogen-bond acceptors (Lipinski definition) is 6. The van der Waals surface area contributed by atoms with Gasteiger partial charge in [-0.2, -0.15) is 0 Å². The Labute approximate surface area is 159 Å². The second-order valence-electron chi connectivity index (χ2n) is 5.59. The lowest BCUT2D eigenvalue weighted by Crippen LogP contribution is -2.15. The second-order valence-corrected chi connectivity index (χ2v) is 8.16. The minimum Gasteiger partial charge on any atom is -0.495 e. The van der Waals surface area contributed by atoms with Crippen molar-refractivity contribution in [1.82, 2.24) is 5.16 Å². The number of aromatic nitrogens is 1. The molecule has 0 unspecified atom stereocenters. The van der Waals surface area contributed by atoms with Crippen LogP contribution in [0.1, 0.15) is 12.6 Å². The predicted octanol–water partition coefficient (Wildman–Crippen LogP) is 4.14. The molecule has 1 aromatic heterocycles. The smallest absolute Gasteiger partial charge is 0.265 e. The van der Waals surface area contributed by atoms with Gasteiger partial charge in [-0.05, 0) is 38.1 Å². The number of anilines is 2. The SMILES string of the molecule is CCNc1cc2onc(C)c2cc1NS(=O)(=O)c1cc(Br)ccc1OC. The molecule has 7 nitrogen and oxygen atoms in total. The van der Waals surface area contributed by atoms with E-state index in [9.17, 15) is 8.42 Å².